The minimum atomic E-state index is 0.260. The van der Waals surface area contributed by atoms with Gasteiger partial charge in [-0.15, -0.1) is 0 Å². The average Bonchev–Trinajstić information content (AvgIpc) is 2.99. The molecule has 1 atom stereocenters. The number of rotatable bonds is 7. The fourth-order valence-corrected chi connectivity index (χ4v) is 3.98. The highest BCUT2D eigenvalue weighted by molar-refractivity contribution is 6.14. The summed E-state index contributed by atoms with van der Waals surface area (Å²) in [5.74, 6) is 0.893. The Balaban J connectivity index is 1.70. The number of hydrogen-bond donors (Lipinski definition) is 1. The Morgan fingerprint density at radius 1 is 1.14 bits per heavy atom. The molecule has 0 saturated carbocycles. The molecule has 0 spiro atoms. The molecule has 0 fully saturated rings. The summed E-state index contributed by atoms with van der Waals surface area (Å²) in [4.78, 5) is 4.30. The Hall–Kier alpha value is -2.63. The Morgan fingerprint density at radius 2 is 2.00 bits per heavy atom. The topological polar surface area (TPSA) is 48.3 Å². The lowest BCUT2D eigenvalue weighted by Crippen LogP contribution is -2.34. The lowest BCUT2D eigenvalue weighted by atomic mass is 10.0. The molecule has 0 aliphatic rings. The van der Waals surface area contributed by atoms with Gasteiger partial charge in [-0.1, -0.05) is 0 Å². The summed E-state index contributed by atoms with van der Waals surface area (Å²) in [6.07, 6.45) is 3.80. The maximum Gasteiger partial charge on any atom is 0.120 e. The molecule has 5 nitrogen and oxygen atoms in total. The van der Waals surface area contributed by atoms with Crippen molar-refractivity contribution in [2.24, 2.45) is 7.05 Å². The SMILES string of the molecule is COCCN[C@@H](C)COc1ccc2c(c1)c1cc3cnccc3c(C)c1n2C. The Bertz CT molecular complexity index is 1130. The quantitative estimate of drug-likeness (QED) is 0.491. The van der Waals surface area contributed by atoms with Gasteiger partial charge in [0.15, 0.2) is 0 Å². The second-order valence-corrected chi connectivity index (χ2v) is 7.39. The van der Waals surface area contributed by atoms with Gasteiger partial charge in [0.25, 0.3) is 0 Å². The largest absolute Gasteiger partial charge is 0.492 e. The van der Waals surface area contributed by atoms with Gasteiger partial charge in [-0.05, 0) is 55.1 Å². The van der Waals surface area contributed by atoms with E-state index in [1.165, 1.54) is 38.1 Å². The van der Waals surface area contributed by atoms with Crippen LogP contribution in [0.4, 0.5) is 0 Å². The van der Waals surface area contributed by atoms with Gasteiger partial charge in [0, 0.05) is 60.8 Å². The van der Waals surface area contributed by atoms with E-state index in [1.807, 2.05) is 12.4 Å². The van der Waals surface area contributed by atoms with Crippen LogP contribution < -0.4 is 10.1 Å². The van der Waals surface area contributed by atoms with E-state index in [9.17, 15) is 0 Å². The average molecular weight is 377 g/mol. The fourth-order valence-electron chi connectivity index (χ4n) is 3.98. The molecule has 0 saturated heterocycles. The summed E-state index contributed by atoms with van der Waals surface area (Å²) in [7, 11) is 3.84. The van der Waals surface area contributed by atoms with Crippen LogP contribution in [0.25, 0.3) is 32.6 Å². The molecule has 28 heavy (non-hydrogen) atoms. The molecule has 146 valence electrons. The number of pyridine rings is 1. The number of aromatic nitrogens is 2. The molecule has 1 N–H and O–H groups in total. The maximum absolute atomic E-state index is 6.06. The number of ether oxygens (including phenoxy) is 2. The number of nitrogens with one attached hydrogen (secondary N) is 1. The number of methoxy groups -OCH3 is 1. The Kier molecular flexibility index (Phi) is 5.20. The summed E-state index contributed by atoms with van der Waals surface area (Å²) >= 11 is 0. The van der Waals surface area contributed by atoms with Crippen LogP contribution in [0, 0.1) is 6.92 Å². The van der Waals surface area contributed by atoms with E-state index in [0.717, 1.165) is 12.3 Å². The molecule has 0 bridgehead atoms. The van der Waals surface area contributed by atoms with Gasteiger partial charge in [0.2, 0.25) is 0 Å². The van der Waals surface area contributed by atoms with Crippen LogP contribution in [0.3, 0.4) is 0 Å². The highest BCUT2D eigenvalue weighted by Crippen LogP contribution is 2.36. The summed E-state index contributed by atoms with van der Waals surface area (Å²) in [6.45, 7) is 6.45. The van der Waals surface area contributed by atoms with E-state index in [4.69, 9.17) is 9.47 Å². The van der Waals surface area contributed by atoms with Crippen molar-refractivity contribution < 1.29 is 9.47 Å². The first-order valence-electron chi connectivity index (χ1n) is 9.70. The first-order chi connectivity index (χ1) is 13.6. The molecule has 2 aromatic heterocycles. The van der Waals surface area contributed by atoms with Crippen molar-refractivity contribution in [3.63, 3.8) is 0 Å². The molecule has 0 amide bonds. The molecule has 0 radical (unpaired) electrons. The standard InChI is InChI=1S/C23H27N3O2/c1-15(25-9-10-27-4)14-28-18-5-6-22-20(12-18)21-11-17-13-24-8-7-19(17)16(2)23(21)26(22)3/h5-8,11-13,15,25H,9-10,14H2,1-4H3/t15-/m0/s1. The number of aryl methyl sites for hydroxylation is 2. The highest BCUT2D eigenvalue weighted by Gasteiger charge is 2.14. The van der Waals surface area contributed by atoms with Crippen molar-refractivity contribution in [3.05, 3.63) is 48.3 Å². The number of benzene rings is 2. The van der Waals surface area contributed by atoms with E-state index < -0.39 is 0 Å². The predicted octanol–water partition coefficient (Wildman–Crippen LogP) is 4.19. The van der Waals surface area contributed by atoms with Crippen LogP contribution in [-0.2, 0) is 11.8 Å². The fraction of sp³-hybridized carbons (Fsp3) is 0.348. The minimum Gasteiger partial charge on any atom is -0.492 e. The van der Waals surface area contributed by atoms with Crippen LogP contribution in [-0.4, -0.2) is 42.5 Å². The van der Waals surface area contributed by atoms with Crippen LogP contribution in [0.2, 0.25) is 0 Å². The number of nitrogens with zero attached hydrogens (tertiary/aromatic N) is 2. The first kappa shape index (κ1) is 18.7. The van der Waals surface area contributed by atoms with Crippen LogP contribution in [0.5, 0.6) is 5.75 Å². The van der Waals surface area contributed by atoms with Crippen molar-refractivity contribution >= 4 is 32.6 Å². The smallest absolute Gasteiger partial charge is 0.120 e. The summed E-state index contributed by atoms with van der Waals surface area (Å²) < 4.78 is 13.4. The van der Waals surface area contributed by atoms with Crippen molar-refractivity contribution in [2.75, 3.05) is 26.9 Å². The molecule has 2 heterocycles. The van der Waals surface area contributed by atoms with E-state index in [2.05, 4.69) is 66.1 Å². The van der Waals surface area contributed by atoms with Gasteiger partial charge >= 0.3 is 0 Å². The highest BCUT2D eigenvalue weighted by atomic mass is 16.5. The third-order valence-electron chi connectivity index (χ3n) is 5.42. The third kappa shape index (κ3) is 3.32. The van der Waals surface area contributed by atoms with Crippen molar-refractivity contribution in [1.29, 1.82) is 0 Å². The zero-order valence-electron chi connectivity index (χ0n) is 17.0. The van der Waals surface area contributed by atoms with E-state index in [0.29, 0.717) is 13.2 Å². The van der Waals surface area contributed by atoms with Crippen LogP contribution >= 0.6 is 0 Å². The van der Waals surface area contributed by atoms with Gasteiger partial charge in [-0.2, -0.15) is 0 Å². The monoisotopic (exact) mass is 377 g/mol. The molecular weight excluding hydrogens is 350 g/mol. The van der Waals surface area contributed by atoms with Crippen LogP contribution in [0.15, 0.2) is 42.7 Å². The summed E-state index contributed by atoms with van der Waals surface area (Å²) in [5.41, 5.74) is 3.76. The molecule has 2 aromatic carbocycles. The second-order valence-electron chi connectivity index (χ2n) is 7.39. The van der Waals surface area contributed by atoms with Crippen molar-refractivity contribution in [3.8, 4) is 5.75 Å². The molecule has 5 heteroatoms. The molecular formula is C23H27N3O2. The molecule has 4 aromatic rings. The van der Waals surface area contributed by atoms with Crippen molar-refractivity contribution in [1.82, 2.24) is 14.9 Å². The third-order valence-corrected chi connectivity index (χ3v) is 5.42. The summed E-state index contributed by atoms with van der Waals surface area (Å²) in [6, 6.07) is 11.0. The zero-order chi connectivity index (χ0) is 19.7. The van der Waals surface area contributed by atoms with E-state index >= 15 is 0 Å². The van der Waals surface area contributed by atoms with E-state index in [1.54, 1.807) is 7.11 Å². The first-order valence-corrected chi connectivity index (χ1v) is 9.70. The Morgan fingerprint density at radius 3 is 2.82 bits per heavy atom. The van der Waals surface area contributed by atoms with Crippen LogP contribution in [0.1, 0.15) is 12.5 Å². The predicted molar refractivity (Wildman–Crippen MR) is 115 cm³/mol. The van der Waals surface area contributed by atoms with E-state index in [-0.39, 0.29) is 6.04 Å². The lowest BCUT2D eigenvalue weighted by Gasteiger charge is -2.14. The van der Waals surface area contributed by atoms with Gasteiger partial charge in [-0.25, -0.2) is 0 Å². The van der Waals surface area contributed by atoms with Gasteiger partial charge in [0.05, 0.1) is 12.1 Å². The Labute approximate surface area is 165 Å². The molecule has 0 unspecified atom stereocenters. The maximum atomic E-state index is 6.06. The number of hydrogen-bond acceptors (Lipinski definition) is 4. The van der Waals surface area contributed by atoms with Gasteiger partial charge in [0.1, 0.15) is 12.4 Å². The minimum absolute atomic E-state index is 0.260. The van der Waals surface area contributed by atoms with Gasteiger partial charge in [-0.3, -0.25) is 4.98 Å². The number of fused-ring (bicyclic) bond motifs is 4. The molecule has 0 aliphatic heterocycles. The second kappa shape index (κ2) is 7.78. The summed E-state index contributed by atoms with van der Waals surface area (Å²) in [5, 5.41) is 8.27. The normalized spacial score (nSPS) is 12.9. The van der Waals surface area contributed by atoms with Gasteiger partial charge < -0.3 is 19.4 Å². The lowest BCUT2D eigenvalue weighted by molar-refractivity contribution is 0.189. The molecule has 0 aliphatic carbocycles. The van der Waals surface area contributed by atoms with Crippen molar-refractivity contribution in [2.45, 2.75) is 19.9 Å². The zero-order valence-corrected chi connectivity index (χ0v) is 17.0. The molecule has 4 rings (SSSR count).